The molecular formula is C16H21N3. The number of unbranched alkanes of at least 4 members (excludes halogenated alkanes) is 1. The first-order valence-electron chi connectivity index (χ1n) is 6.89. The smallest absolute Gasteiger partial charge is 0.0622 e. The van der Waals surface area contributed by atoms with E-state index in [2.05, 4.69) is 60.3 Å². The van der Waals surface area contributed by atoms with Crippen LogP contribution in [0.1, 0.15) is 32.3 Å². The second-order valence-electron chi connectivity index (χ2n) is 5.16. The number of nitriles is 1. The Hall–Kier alpha value is -1.79. The molecule has 2 aromatic rings. The summed E-state index contributed by atoms with van der Waals surface area (Å²) in [5, 5.41) is 13.4. The molecule has 1 N–H and O–H groups in total. The monoisotopic (exact) mass is 255 g/mol. The predicted octanol–water partition coefficient (Wildman–Crippen LogP) is 3.44. The number of nitrogens with zero attached hydrogens (tertiary/aromatic N) is 2. The quantitative estimate of drug-likeness (QED) is 0.803. The molecule has 0 radical (unpaired) electrons. The molecule has 0 aliphatic rings. The molecule has 0 bridgehead atoms. The van der Waals surface area contributed by atoms with Crippen molar-refractivity contribution in [3.8, 4) is 6.07 Å². The largest absolute Gasteiger partial charge is 0.347 e. The van der Waals surface area contributed by atoms with Gasteiger partial charge in [-0.15, -0.1) is 0 Å². The molecule has 1 aromatic carbocycles. The van der Waals surface area contributed by atoms with Crippen molar-refractivity contribution in [1.82, 2.24) is 9.88 Å². The zero-order chi connectivity index (χ0) is 13.7. The molecule has 3 nitrogen and oxygen atoms in total. The highest BCUT2D eigenvalue weighted by atomic mass is 15.0. The van der Waals surface area contributed by atoms with Gasteiger partial charge in [-0.2, -0.15) is 5.26 Å². The maximum atomic E-state index is 8.61. The van der Waals surface area contributed by atoms with Crippen LogP contribution in [0.4, 0.5) is 0 Å². The van der Waals surface area contributed by atoms with Gasteiger partial charge in [0.1, 0.15) is 0 Å². The topological polar surface area (TPSA) is 40.8 Å². The summed E-state index contributed by atoms with van der Waals surface area (Å²) in [5.74, 6) is 0. The highest BCUT2D eigenvalue weighted by molar-refractivity contribution is 5.83. The molecule has 0 aliphatic carbocycles. The van der Waals surface area contributed by atoms with Gasteiger partial charge in [0, 0.05) is 42.7 Å². The summed E-state index contributed by atoms with van der Waals surface area (Å²) in [4.78, 5) is 0. The third-order valence-electron chi connectivity index (χ3n) is 3.29. The van der Waals surface area contributed by atoms with Crippen LogP contribution in [0.3, 0.4) is 0 Å². The van der Waals surface area contributed by atoms with Crippen molar-refractivity contribution in [2.45, 2.75) is 45.8 Å². The molecule has 0 unspecified atom stereocenters. The lowest BCUT2D eigenvalue weighted by Crippen LogP contribution is -2.21. The molecular weight excluding hydrogens is 234 g/mol. The fourth-order valence-corrected chi connectivity index (χ4v) is 2.28. The molecule has 1 heterocycles. The minimum atomic E-state index is 0.493. The van der Waals surface area contributed by atoms with Crippen LogP contribution in [0.15, 0.2) is 30.5 Å². The summed E-state index contributed by atoms with van der Waals surface area (Å²) in [7, 11) is 0. The Morgan fingerprint density at radius 3 is 2.89 bits per heavy atom. The molecule has 0 amide bonds. The normalized spacial score (nSPS) is 11.1. The third kappa shape index (κ3) is 3.36. The minimum Gasteiger partial charge on any atom is -0.347 e. The number of rotatable bonds is 6. The fraction of sp³-hybridized carbons (Fsp3) is 0.438. The van der Waals surface area contributed by atoms with Crippen molar-refractivity contribution in [3.05, 3.63) is 36.0 Å². The van der Waals surface area contributed by atoms with E-state index < -0.39 is 0 Å². The predicted molar refractivity (Wildman–Crippen MR) is 78.8 cm³/mol. The first kappa shape index (κ1) is 13.6. The first-order valence-corrected chi connectivity index (χ1v) is 6.89. The van der Waals surface area contributed by atoms with E-state index in [1.165, 1.54) is 16.5 Å². The number of nitrogens with one attached hydrogen (secondary N) is 1. The van der Waals surface area contributed by atoms with Crippen LogP contribution in [0, 0.1) is 11.3 Å². The van der Waals surface area contributed by atoms with Crippen molar-refractivity contribution < 1.29 is 0 Å². The fourth-order valence-electron chi connectivity index (χ4n) is 2.28. The molecule has 0 saturated carbocycles. The Morgan fingerprint density at radius 1 is 1.32 bits per heavy atom. The summed E-state index contributed by atoms with van der Waals surface area (Å²) in [5.41, 5.74) is 2.60. The number of benzene rings is 1. The number of hydrogen-bond acceptors (Lipinski definition) is 2. The lowest BCUT2D eigenvalue weighted by Gasteiger charge is -2.10. The molecule has 3 heteroatoms. The van der Waals surface area contributed by atoms with Crippen LogP contribution < -0.4 is 5.32 Å². The van der Waals surface area contributed by atoms with Crippen molar-refractivity contribution in [2.24, 2.45) is 0 Å². The highest BCUT2D eigenvalue weighted by Crippen LogP contribution is 2.21. The zero-order valence-corrected chi connectivity index (χ0v) is 11.7. The molecule has 0 fully saturated rings. The minimum absolute atomic E-state index is 0.493. The molecule has 0 aliphatic heterocycles. The van der Waals surface area contributed by atoms with E-state index in [0.717, 1.165) is 19.5 Å². The number of hydrogen-bond donors (Lipinski definition) is 1. The Labute approximate surface area is 114 Å². The van der Waals surface area contributed by atoms with Crippen molar-refractivity contribution in [3.63, 3.8) is 0 Å². The van der Waals surface area contributed by atoms with E-state index in [9.17, 15) is 0 Å². The summed E-state index contributed by atoms with van der Waals surface area (Å²) >= 11 is 0. The Morgan fingerprint density at radius 2 is 2.16 bits per heavy atom. The van der Waals surface area contributed by atoms with Crippen molar-refractivity contribution in [1.29, 1.82) is 5.26 Å². The Balaban J connectivity index is 2.19. The molecule has 2 rings (SSSR count). The summed E-state index contributed by atoms with van der Waals surface area (Å²) in [6.45, 7) is 6.13. The van der Waals surface area contributed by atoms with Gasteiger partial charge in [0.15, 0.2) is 0 Å². The zero-order valence-electron chi connectivity index (χ0n) is 11.7. The van der Waals surface area contributed by atoms with E-state index in [4.69, 9.17) is 5.26 Å². The number of fused-ring (bicyclic) bond motifs is 1. The van der Waals surface area contributed by atoms with Gasteiger partial charge in [-0.25, -0.2) is 0 Å². The van der Waals surface area contributed by atoms with Gasteiger partial charge in [-0.3, -0.25) is 0 Å². The summed E-state index contributed by atoms with van der Waals surface area (Å²) in [6, 6.07) is 11.3. The Kier molecular flexibility index (Phi) is 4.59. The van der Waals surface area contributed by atoms with Gasteiger partial charge in [-0.05, 0) is 24.1 Å². The standard InChI is InChI=1S/C16H21N3/c1-13(2)18-12-14-6-5-7-16-15(14)8-11-19(16)10-4-3-9-17/h5-8,11,13,18H,3-4,10,12H2,1-2H3. The molecule has 19 heavy (non-hydrogen) atoms. The van der Waals surface area contributed by atoms with Crippen LogP contribution >= 0.6 is 0 Å². The van der Waals surface area contributed by atoms with E-state index in [1.807, 2.05) is 0 Å². The molecule has 1 aromatic heterocycles. The van der Waals surface area contributed by atoms with E-state index in [1.54, 1.807) is 0 Å². The van der Waals surface area contributed by atoms with Gasteiger partial charge in [0.2, 0.25) is 0 Å². The van der Waals surface area contributed by atoms with Gasteiger partial charge >= 0.3 is 0 Å². The first-order chi connectivity index (χ1) is 9.22. The lowest BCUT2D eigenvalue weighted by atomic mass is 10.1. The van der Waals surface area contributed by atoms with Crippen LogP contribution in [-0.4, -0.2) is 10.6 Å². The maximum Gasteiger partial charge on any atom is 0.0622 e. The summed E-state index contributed by atoms with van der Waals surface area (Å²) in [6.07, 6.45) is 3.66. The second-order valence-corrected chi connectivity index (χ2v) is 5.16. The molecule has 0 atom stereocenters. The van der Waals surface area contributed by atoms with E-state index >= 15 is 0 Å². The van der Waals surface area contributed by atoms with Gasteiger partial charge in [0.25, 0.3) is 0 Å². The number of aromatic nitrogens is 1. The van der Waals surface area contributed by atoms with Gasteiger partial charge in [-0.1, -0.05) is 26.0 Å². The SMILES string of the molecule is CC(C)NCc1cccc2c1ccn2CCCC#N. The lowest BCUT2D eigenvalue weighted by molar-refractivity contribution is 0.590. The molecule has 0 spiro atoms. The van der Waals surface area contributed by atoms with E-state index in [0.29, 0.717) is 12.5 Å². The van der Waals surface area contributed by atoms with Crippen LogP contribution in [0.2, 0.25) is 0 Å². The Bertz CT molecular complexity index is 575. The van der Waals surface area contributed by atoms with Gasteiger partial charge in [0.05, 0.1) is 6.07 Å². The average Bonchev–Trinajstić information content (AvgIpc) is 2.80. The number of aryl methyl sites for hydroxylation is 1. The van der Waals surface area contributed by atoms with E-state index in [-0.39, 0.29) is 0 Å². The third-order valence-corrected chi connectivity index (χ3v) is 3.29. The van der Waals surface area contributed by atoms with Crippen LogP contribution in [0.5, 0.6) is 0 Å². The van der Waals surface area contributed by atoms with Crippen LogP contribution in [-0.2, 0) is 13.1 Å². The van der Waals surface area contributed by atoms with Crippen molar-refractivity contribution >= 4 is 10.9 Å². The van der Waals surface area contributed by atoms with Gasteiger partial charge < -0.3 is 9.88 Å². The second kappa shape index (κ2) is 6.40. The highest BCUT2D eigenvalue weighted by Gasteiger charge is 2.05. The maximum absolute atomic E-state index is 8.61. The van der Waals surface area contributed by atoms with Crippen molar-refractivity contribution in [2.75, 3.05) is 0 Å². The van der Waals surface area contributed by atoms with Crippen LogP contribution in [0.25, 0.3) is 10.9 Å². The molecule has 100 valence electrons. The average molecular weight is 255 g/mol. The summed E-state index contributed by atoms with van der Waals surface area (Å²) < 4.78 is 2.24. The molecule has 0 saturated heterocycles.